The summed E-state index contributed by atoms with van der Waals surface area (Å²) in [4.78, 5) is 24.5. The summed E-state index contributed by atoms with van der Waals surface area (Å²) in [6, 6.07) is 6.01. The first-order chi connectivity index (χ1) is 10.9. The normalized spacial score (nSPS) is 29.0. The average molecular weight is 315 g/mol. The molecule has 4 atom stereocenters. The van der Waals surface area contributed by atoms with Crippen LogP contribution < -0.4 is 5.32 Å². The van der Waals surface area contributed by atoms with Crippen LogP contribution in [-0.4, -0.2) is 17.0 Å². The molecule has 0 aromatic heterocycles. The molecular weight excluding hydrogens is 290 g/mol. The minimum absolute atomic E-state index is 0.110. The van der Waals surface area contributed by atoms with Crippen molar-refractivity contribution in [2.75, 3.05) is 5.32 Å². The van der Waals surface area contributed by atoms with Crippen molar-refractivity contribution in [3.05, 3.63) is 29.3 Å². The lowest BCUT2D eigenvalue weighted by Crippen LogP contribution is -2.38. The number of carboxylic acids is 1. The third kappa shape index (κ3) is 2.75. The van der Waals surface area contributed by atoms with Crippen LogP contribution in [0.2, 0.25) is 0 Å². The molecule has 0 radical (unpaired) electrons. The van der Waals surface area contributed by atoms with Gasteiger partial charge in [-0.2, -0.15) is 0 Å². The molecule has 3 rings (SSSR count). The van der Waals surface area contributed by atoms with Gasteiger partial charge in [-0.15, -0.1) is 0 Å². The molecule has 2 bridgehead atoms. The molecule has 2 aliphatic rings. The largest absolute Gasteiger partial charge is 0.481 e. The summed E-state index contributed by atoms with van der Waals surface area (Å²) < 4.78 is 0. The fourth-order valence-electron chi connectivity index (χ4n) is 4.57. The fraction of sp³-hybridized carbons (Fsp3) is 0.579. The van der Waals surface area contributed by atoms with Crippen molar-refractivity contribution in [2.24, 2.45) is 23.7 Å². The monoisotopic (exact) mass is 315 g/mol. The summed E-state index contributed by atoms with van der Waals surface area (Å²) in [5.41, 5.74) is 2.99. The Labute approximate surface area is 137 Å². The topological polar surface area (TPSA) is 66.4 Å². The number of fused-ring (bicyclic) bond motifs is 2. The number of nitrogens with one attached hydrogen (secondary N) is 1. The van der Waals surface area contributed by atoms with E-state index in [-0.39, 0.29) is 23.7 Å². The number of aliphatic carboxylic acids is 1. The molecule has 1 aromatic rings. The van der Waals surface area contributed by atoms with Crippen molar-refractivity contribution in [3.8, 4) is 0 Å². The number of amides is 1. The molecule has 0 unspecified atom stereocenters. The van der Waals surface area contributed by atoms with Crippen molar-refractivity contribution >= 4 is 17.6 Å². The van der Waals surface area contributed by atoms with E-state index in [0.29, 0.717) is 5.92 Å². The van der Waals surface area contributed by atoms with Gasteiger partial charge in [-0.25, -0.2) is 0 Å². The number of benzene rings is 1. The van der Waals surface area contributed by atoms with Crippen LogP contribution in [0, 0.1) is 30.6 Å². The van der Waals surface area contributed by atoms with Gasteiger partial charge >= 0.3 is 5.97 Å². The summed E-state index contributed by atoms with van der Waals surface area (Å²) in [5, 5.41) is 12.6. The molecule has 1 amide bonds. The molecule has 4 heteroatoms. The SMILES string of the molecule is Cc1cccc(C(C)C)c1NC(=O)[C@H]1[C@@H]2CC[C@@H](C2)[C@@H]1C(=O)O. The molecule has 1 aromatic carbocycles. The second kappa shape index (κ2) is 5.99. The minimum atomic E-state index is -0.814. The van der Waals surface area contributed by atoms with Crippen molar-refractivity contribution in [2.45, 2.75) is 46.0 Å². The number of hydrogen-bond donors (Lipinski definition) is 2. The summed E-state index contributed by atoms with van der Waals surface area (Å²) in [7, 11) is 0. The Hall–Kier alpha value is -1.84. The maximum absolute atomic E-state index is 12.9. The first-order valence-corrected chi connectivity index (χ1v) is 8.53. The van der Waals surface area contributed by atoms with Crippen LogP contribution in [0.5, 0.6) is 0 Å². The fourth-order valence-corrected chi connectivity index (χ4v) is 4.57. The van der Waals surface area contributed by atoms with Gasteiger partial charge in [0, 0.05) is 5.69 Å². The van der Waals surface area contributed by atoms with Gasteiger partial charge in [-0.3, -0.25) is 9.59 Å². The highest BCUT2D eigenvalue weighted by atomic mass is 16.4. The Bertz CT molecular complexity index is 638. The number of carbonyl (C=O) groups is 2. The van der Waals surface area contributed by atoms with Crippen molar-refractivity contribution in [3.63, 3.8) is 0 Å². The molecule has 0 saturated heterocycles. The third-order valence-electron chi connectivity index (χ3n) is 5.68. The van der Waals surface area contributed by atoms with E-state index in [2.05, 4.69) is 19.2 Å². The van der Waals surface area contributed by atoms with Crippen LogP contribution in [-0.2, 0) is 9.59 Å². The molecular formula is C19H25NO3. The van der Waals surface area contributed by atoms with E-state index in [1.54, 1.807) is 0 Å². The van der Waals surface area contributed by atoms with E-state index >= 15 is 0 Å². The second-order valence-corrected chi connectivity index (χ2v) is 7.41. The predicted octanol–water partition coefficient (Wildman–Crippen LogP) is 3.80. The van der Waals surface area contributed by atoms with Crippen molar-refractivity contribution in [1.82, 2.24) is 0 Å². The zero-order valence-corrected chi connectivity index (χ0v) is 14.0. The molecule has 124 valence electrons. The van der Waals surface area contributed by atoms with Crippen LogP contribution in [0.25, 0.3) is 0 Å². The molecule has 2 N–H and O–H groups in total. The van der Waals surface area contributed by atoms with Crippen LogP contribution >= 0.6 is 0 Å². The lowest BCUT2D eigenvalue weighted by molar-refractivity contribution is -0.148. The zero-order chi connectivity index (χ0) is 16.7. The summed E-state index contributed by atoms with van der Waals surface area (Å²) in [6.45, 7) is 6.18. The molecule has 23 heavy (non-hydrogen) atoms. The van der Waals surface area contributed by atoms with Gasteiger partial charge in [0.25, 0.3) is 0 Å². The Morgan fingerprint density at radius 1 is 1.17 bits per heavy atom. The number of para-hydroxylation sites is 1. The van der Waals surface area contributed by atoms with E-state index in [9.17, 15) is 14.7 Å². The Kier molecular flexibility index (Phi) is 4.17. The van der Waals surface area contributed by atoms with Crippen LogP contribution in [0.3, 0.4) is 0 Å². The molecule has 2 fully saturated rings. The van der Waals surface area contributed by atoms with E-state index in [4.69, 9.17) is 0 Å². The molecule has 2 aliphatic carbocycles. The molecule has 2 saturated carbocycles. The third-order valence-corrected chi connectivity index (χ3v) is 5.68. The summed E-state index contributed by atoms with van der Waals surface area (Å²) in [6.07, 6.45) is 2.82. The number of rotatable bonds is 4. The Morgan fingerprint density at radius 2 is 1.83 bits per heavy atom. The molecule has 0 spiro atoms. The van der Waals surface area contributed by atoms with Crippen molar-refractivity contribution in [1.29, 1.82) is 0 Å². The highest BCUT2D eigenvalue weighted by Gasteiger charge is 2.54. The lowest BCUT2D eigenvalue weighted by atomic mass is 9.78. The smallest absolute Gasteiger partial charge is 0.307 e. The van der Waals surface area contributed by atoms with Gasteiger partial charge in [0.1, 0.15) is 0 Å². The second-order valence-electron chi connectivity index (χ2n) is 7.41. The van der Waals surface area contributed by atoms with Crippen LogP contribution in [0.1, 0.15) is 50.2 Å². The highest BCUT2D eigenvalue weighted by Crippen LogP contribution is 2.52. The maximum atomic E-state index is 12.9. The minimum Gasteiger partial charge on any atom is -0.481 e. The molecule has 4 nitrogen and oxygen atoms in total. The van der Waals surface area contributed by atoms with Crippen molar-refractivity contribution < 1.29 is 14.7 Å². The number of anilines is 1. The quantitative estimate of drug-likeness (QED) is 0.888. The first-order valence-electron chi connectivity index (χ1n) is 8.53. The zero-order valence-electron chi connectivity index (χ0n) is 14.0. The van der Waals surface area contributed by atoms with E-state index in [1.807, 2.05) is 25.1 Å². The average Bonchev–Trinajstić information content (AvgIpc) is 3.09. The van der Waals surface area contributed by atoms with Crippen LogP contribution in [0.4, 0.5) is 5.69 Å². The van der Waals surface area contributed by atoms with Gasteiger partial charge in [-0.05, 0) is 55.1 Å². The van der Waals surface area contributed by atoms with E-state index in [1.165, 1.54) is 0 Å². The van der Waals surface area contributed by atoms with E-state index < -0.39 is 11.9 Å². The highest BCUT2D eigenvalue weighted by molar-refractivity contribution is 5.97. The number of carboxylic acid groups (broad SMARTS) is 1. The Balaban J connectivity index is 1.87. The maximum Gasteiger partial charge on any atom is 0.307 e. The first kappa shape index (κ1) is 16.0. The summed E-state index contributed by atoms with van der Waals surface area (Å²) in [5.74, 6) is -1.11. The summed E-state index contributed by atoms with van der Waals surface area (Å²) >= 11 is 0. The lowest BCUT2D eigenvalue weighted by Gasteiger charge is -2.28. The van der Waals surface area contributed by atoms with Gasteiger partial charge in [0.05, 0.1) is 11.8 Å². The standard InChI is InChI=1S/C19H25NO3/c1-10(2)14-6-4-5-11(3)17(14)20-18(21)15-12-7-8-13(9-12)16(15)19(22)23/h4-6,10,12-13,15-16H,7-9H2,1-3H3,(H,20,21)(H,22,23)/t12-,13+,15+,16+/m1/s1. The Morgan fingerprint density at radius 3 is 2.43 bits per heavy atom. The number of hydrogen-bond acceptors (Lipinski definition) is 2. The van der Waals surface area contributed by atoms with E-state index in [0.717, 1.165) is 36.1 Å². The van der Waals surface area contributed by atoms with Gasteiger partial charge in [0.15, 0.2) is 0 Å². The molecule has 0 aliphatic heterocycles. The predicted molar refractivity (Wildman–Crippen MR) is 89.3 cm³/mol. The number of carbonyl (C=O) groups excluding carboxylic acids is 1. The molecule has 0 heterocycles. The van der Waals surface area contributed by atoms with Gasteiger partial charge in [-0.1, -0.05) is 32.0 Å². The van der Waals surface area contributed by atoms with Crippen LogP contribution in [0.15, 0.2) is 18.2 Å². The number of aryl methyl sites for hydroxylation is 1. The van der Waals surface area contributed by atoms with Gasteiger partial charge < -0.3 is 10.4 Å². The van der Waals surface area contributed by atoms with Gasteiger partial charge in [0.2, 0.25) is 5.91 Å².